The first-order valence-electron chi connectivity index (χ1n) is 7.07. The van der Waals surface area contributed by atoms with Crippen LogP contribution in [0, 0.1) is 0 Å². The normalized spacial score (nSPS) is 21.2. The van der Waals surface area contributed by atoms with E-state index in [1.54, 1.807) is 0 Å². The van der Waals surface area contributed by atoms with Gasteiger partial charge in [0.05, 0.1) is 0 Å². The zero-order valence-corrected chi connectivity index (χ0v) is 11.3. The lowest BCUT2D eigenvalue weighted by molar-refractivity contribution is -0.143. The largest absolute Gasteiger partial charge is 0.480 e. The SMILES string of the molecule is O=C(O)[C@H]1CCCCN1C(=O)c1ccc2c(c1)NCC2. The predicted octanol–water partition coefficient (Wildman–Crippen LogP) is 1.73. The fourth-order valence-electron chi connectivity index (χ4n) is 3.02. The molecule has 5 heteroatoms. The molecule has 1 aromatic rings. The molecule has 3 rings (SSSR count). The third kappa shape index (κ3) is 2.24. The summed E-state index contributed by atoms with van der Waals surface area (Å²) in [7, 11) is 0. The number of piperidine rings is 1. The number of carboxylic acid groups (broad SMARTS) is 1. The van der Waals surface area contributed by atoms with Gasteiger partial charge in [0, 0.05) is 24.3 Å². The highest BCUT2D eigenvalue weighted by Crippen LogP contribution is 2.26. The van der Waals surface area contributed by atoms with Crippen molar-refractivity contribution in [2.24, 2.45) is 0 Å². The van der Waals surface area contributed by atoms with Gasteiger partial charge in [-0.15, -0.1) is 0 Å². The minimum atomic E-state index is -0.905. The smallest absolute Gasteiger partial charge is 0.326 e. The molecule has 1 amide bonds. The lowest BCUT2D eigenvalue weighted by Crippen LogP contribution is -2.47. The van der Waals surface area contributed by atoms with Gasteiger partial charge in [-0.1, -0.05) is 6.07 Å². The molecule has 0 saturated carbocycles. The van der Waals surface area contributed by atoms with E-state index in [9.17, 15) is 14.7 Å². The Kier molecular flexibility index (Phi) is 3.34. The number of benzene rings is 1. The minimum Gasteiger partial charge on any atom is -0.480 e. The van der Waals surface area contributed by atoms with Gasteiger partial charge in [0.25, 0.3) is 5.91 Å². The number of rotatable bonds is 2. The Hall–Kier alpha value is -2.04. The van der Waals surface area contributed by atoms with E-state index in [0.29, 0.717) is 18.5 Å². The first kappa shape index (κ1) is 13.0. The molecule has 106 valence electrons. The summed E-state index contributed by atoms with van der Waals surface area (Å²) in [5, 5.41) is 12.5. The van der Waals surface area contributed by atoms with E-state index in [-0.39, 0.29) is 5.91 Å². The van der Waals surface area contributed by atoms with E-state index in [4.69, 9.17) is 0 Å². The highest BCUT2D eigenvalue weighted by molar-refractivity contribution is 5.97. The standard InChI is InChI=1S/C15H18N2O3/c18-14(17-8-2-1-3-13(17)15(19)20)11-5-4-10-6-7-16-12(10)9-11/h4-5,9,13,16H,1-3,6-8H2,(H,19,20)/t13-/m1/s1. The molecular weight excluding hydrogens is 256 g/mol. The van der Waals surface area contributed by atoms with Crippen LogP contribution in [0.3, 0.4) is 0 Å². The number of carboxylic acids is 1. The van der Waals surface area contributed by atoms with Crippen molar-refractivity contribution in [3.8, 4) is 0 Å². The predicted molar refractivity (Wildman–Crippen MR) is 74.9 cm³/mol. The van der Waals surface area contributed by atoms with Gasteiger partial charge in [-0.2, -0.15) is 0 Å². The van der Waals surface area contributed by atoms with E-state index in [1.165, 1.54) is 10.5 Å². The second-order valence-electron chi connectivity index (χ2n) is 5.40. The molecule has 1 saturated heterocycles. The van der Waals surface area contributed by atoms with Gasteiger partial charge in [-0.3, -0.25) is 4.79 Å². The molecule has 1 aromatic carbocycles. The van der Waals surface area contributed by atoms with Gasteiger partial charge >= 0.3 is 5.97 Å². The highest BCUT2D eigenvalue weighted by Gasteiger charge is 2.32. The molecule has 2 heterocycles. The lowest BCUT2D eigenvalue weighted by Gasteiger charge is -2.33. The maximum Gasteiger partial charge on any atom is 0.326 e. The van der Waals surface area contributed by atoms with Gasteiger partial charge in [0.15, 0.2) is 0 Å². The van der Waals surface area contributed by atoms with Crippen LogP contribution in [0.4, 0.5) is 5.69 Å². The van der Waals surface area contributed by atoms with Crippen molar-refractivity contribution >= 4 is 17.6 Å². The van der Waals surface area contributed by atoms with Crippen LogP contribution < -0.4 is 5.32 Å². The summed E-state index contributed by atoms with van der Waals surface area (Å²) < 4.78 is 0. The number of fused-ring (bicyclic) bond motifs is 1. The molecule has 2 aliphatic heterocycles. The second kappa shape index (κ2) is 5.15. The quantitative estimate of drug-likeness (QED) is 0.861. The molecular formula is C15H18N2O3. The Morgan fingerprint density at radius 2 is 2.15 bits per heavy atom. The van der Waals surface area contributed by atoms with Crippen LogP contribution in [-0.4, -0.2) is 41.0 Å². The zero-order valence-electron chi connectivity index (χ0n) is 11.3. The fourth-order valence-corrected chi connectivity index (χ4v) is 3.02. The van der Waals surface area contributed by atoms with Crippen molar-refractivity contribution in [1.29, 1.82) is 0 Å². The highest BCUT2D eigenvalue weighted by atomic mass is 16.4. The number of amides is 1. The van der Waals surface area contributed by atoms with E-state index >= 15 is 0 Å². The van der Waals surface area contributed by atoms with Crippen LogP contribution in [0.5, 0.6) is 0 Å². The van der Waals surface area contributed by atoms with Crippen LogP contribution in [0.25, 0.3) is 0 Å². The van der Waals surface area contributed by atoms with Gasteiger partial charge in [0.2, 0.25) is 0 Å². The number of hydrogen-bond acceptors (Lipinski definition) is 3. The molecule has 0 aromatic heterocycles. The van der Waals surface area contributed by atoms with E-state index in [2.05, 4.69) is 5.32 Å². The summed E-state index contributed by atoms with van der Waals surface area (Å²) in [6, 6.07) is 4.93. The molecule has 0 unspecified atom stereocenters. The van der Waals surface area contributed by atoms with Crippen LogP contribution in [0.1, 0.15) is 35.2 Å². The van der Waals surface area contributed by atoms with Crippen molar-refractivity contribution in [3.05, 3.63) is 29.3 Å². The molecule has 0 radical (unpaired) electrons. The summed E-state index contributed by atoms with van der Waals surface area (Å²) in [5.74, 6) is -1.08. The topological polar surface area (TPSA) is 69.6 Å². The van der Waals surface area contributed by atoms with E-state index in [0.717, 1.165) is 31.5 Å². The second-order valence-corrected chi connectivity index (χ2v) is 5.40. The van der Waals surface area contributed by atoms with Crippen molar-refractivity contribution in [1.82, 2.24) is 4.90 Å². The van der Waals surface area contributed by atoms with Crippen molar-refractivity contribution in [2.45, 2.75) is 31.7 Å². The first-order chi connectivity index (χ1) is 9.66. The third-order valence-electron chi connectivity index (χ3n) is 4.12. The Labute approximate surface area is 117 Å². The zero-order chi connectivity index (χ0) is 14.1. The summed E-state index contributed by atoms with van der Waals surface area (Å²) >= 11 is 0. The first-order valence-corrected chi connectivity index (χ1v) is 7.07. The average molecular weight is 274 g/mol. The number of carbonyl (C=O) groups is 2. The van der Waals surface area contributed by atoms with Gasteiger partial charge in [-0.05, 0) is 43.4 Å². The van der Waals surface area contributed by atoms with Crippen LogP contribution in [0.2, 0.25) is 0 Å². The third-order valence-corrected chi connectivity index (χ3v) is 4.12. The van der Waals surface area contributed by atoms with Gasteiger partial charge < -0.3 is 15.3 Å². The summed E-state index contributed by atoms with van der Waals surface area (Å²) in [6.07, 6.45) is 3.26. The number of likely N-dealkylation sites (tertiary alicyclic amines) is 1. The van der Waals surface area contributed by atoms with Crippen LogP contribution >= 0.6 is 0 Å². The van der Waals surface area contributed by atoms with E-state index in [1.807, 2.05) is 18.2 Å². The maximum absolute atomic E-state index is 12.5. The molecule has 0 aliphatic carbocycles. The Morgan fingerprint density at radius 3 is 2.95 bits per heavy atom. The number of carbonyl (C=O) groups excluding carboxylic acids is 1. The number of hydrogen-bond donors (Lipinski definition) is 2. The van der Waals surface area contributed by atoms with Crippen LogP contribution in [-0.2, 0) is 11.2 Å². The van der Waals surface area contributed by atoms with Crippen molar-refractivity contribution < 1.29 is 14.7 Å². The lowest BCUT2D eigenvalue weighted by atomic mass is 10.00. The molecule has 1 atom stereocenters. The van der Waals surface area contributed by atoms with Crippen molar-refractivity contribution in [3.63, 3.8) is 0 Å². The average Bonchev–Trinajstić information content (AvgIpc) is 2.93. The number of nitrogens with one attached hydrogen (secondary N) is 1. The molecule has 0 bridgehead atoms. The Morgan fingerprint density at radius 1 is 1.30 bits per heavy atom. The molecule has 0 spiro atoms. The number of anilines is 1. The maximum atomic E-state index is 12.5. The van der Waals surface area contributed by atoms with E-state index < -0.39 is 12.0 Å². The Bertz CT molecular complexity index is 556. The minimum absolute atomic E-state index is 0.173. The van der Waals surface area contributed by atoms with Crippen LogP contribution in [0.15, 0.2) is 18.2 Å². The summed E-state index contributed by atoms with van der Waals surface area (Å²) in [6.45, 7) is 1.43. The fraction of sp³-hybridized carbons (Fsp3) is 0.467. The molecule has 2 aliphatic rings. The van der Waals surface area contributed by atoms with Gasteiger partial charge in [-0.25, -0.2) is 4.79 Å². The summed E-state index contributed by atoms with van der Waals surface area (Å²) in [5.41, 5.74) is 2.79. The molecule has 20 heavy (non-hydrogen) atoms. The summed E-state index contributed by atoms with van der Waals surface area (Å²) in [4.78, 5) is 25.3. The number of nitrogens with zero attached hydrogens (tertiary/aromatic N) is 1. The molecule has 5 nitrogen and oxygen atoms in total. The number of aliphatic carboxylic acids is 1. The van der Waals surface area contributed by atoms with Crippen molar-refractivity contribution in [2.75, 3.05) is 18.4 Å². The molecule has 2 N–H and O–H groups in total. The van der Waals surface area contributed by atoms with Gasteiger partial charge in [0.1, 0.15) is 6.04 Å². The molecule has 1 fully saturated rings. The Balaban J connectivity index is 1.85. The monoisotopic (exact) mass is 274 g/mol.